The molecule has 6 heteroatoms. The van der Waals surface area contributed by atoms with E-state index in [-0.39, 0.29) is 5.76 Å². The molecule has 1 aliphatic rings. The molecule has 0 saturated carbocycles. The second kappa shape index (κ2) is 3.95. The van der Waals surface area contributed by atoms with Crippen LogP contribution in [0.25, 0.3) is 0 Å². The third-order valence-electron chi connectivity index (χ3n) is 2.10. The minimum absolute atomic E-state index is 0.0505. The summed E-state index contributed by atoms with van der Waals surface area (Å²) in [5, 5.41) is 30.2. The van der Waals surface area contributed by atoms with E-state index in [4.69, 9.17) is 4.74 Å². The van der Waals surface area contributed by atoms with Crippen molar-refractivity contribution in [3.05, 3.63) is 12.3 Å². The lowest BCUT2D eigenvalue weighted by Gasteiger charge is -2.18. The van der Waals surface area contributed by atoms with E-state index >= 15 is 0 Å². The molecule has 1 aliphatic heterocycles. The van der Waals surface area contributed by atoms with Crippen molar-refractivity contribution < 1.29 is 24.9 Å². The van der Waals surface area contributed by atoms with Crippen LogP contribution in [-0.2, 0) is 9.53 Å². The van der Waals surface area contributed by atoms with Crippen LogP contribution in [-0.4, -0.2) is 52.7 Å². The van der Waals surface area contributed by atoms with Crippen LogP contribution in [0.2, 0.25) is 0 Å². The Morgan fingerprint density at radius 2 is 2.21 bits per heavy atom. The first-order chi connectivity index (χ1) is 6.49. The summed E-state index contributed by atoms with van der Waals surface area (Å²) < 4.78 is 4.87. The number of carbonyl (C=O) groups excluding carboxylic acids is 1. The first-order valence-corrected chi connectivity index (χ1v) is 4.10. The van der Waals surface area contributed by atoms with Gasteiger partial charge in [0.2, 0.25) is 0 Å². The molecule has 0 aromatic rings. The Labute approximate surface area is 80.8 Å². The van der Waals surface area contributed by atoms with Crippen molar-refractivity contribution in [2.75, 3.05) is 7.05 Å². The van der Waals surface area contributed by atoms with E-state index in [0.29, 0.717) is 0 Å². The fraction of sp³-hybridized carbons (Fsp3) is 0.625. The number of nitrogens with one attached hydrogen (secondary N) is 1. The van der Waals surface area contributed by atoms with Gasteiger partial charge >= 0.3 is 0 Å². The average Bonchev–Trinajstić information content (AvgIpc) is 2.43. The summed E-state index contributed by atoms with van der Waals surface area (Å²) in [6, 6.07) is 0. The molecular formula is C8H13NO5. The van der Waals surface area contributed by atoms with Gasteiger partial charge in [-0.15, -0.1) is 0 Å². The summed E-state index contributed by atoms with van der Waals surface area (Å²) in [4.78, 5) is 11.0. The Bertz CT molecular complexity index is 254. The standard InChI is InChI=1S/C8H13NO5/c1-3-4(10)5(11)7(14-3)6(12)8(13)9-2/h4-7,10-12H,1H2,2H3,(H,9,13)/t4-,5-,6-,7+/m1/s1. The fourth-order valence-corrected chi connectivity index (χ4v) is 1.23. The summed E-state index contributed by atoms with van der Waals surface area (Å²) in [6.07, 6.45) is -5.30. The fourth-order valence-electron chi connectivity index (χ4n) is 1.23. The van der Waals surface area contributed by atoms with E-state index in [1.165, 1.54) is 7.05 Å². The van der Waals surface area contributed by atoms with E-state index < -0.39 is 30.3 Å². The molecule has 0 aromatic carbocycles. The van der Waals surface area contributed by atoms with Gasteiger partial charge in [-0.1, -0.05) is 6.58 Å². The number of hydrogen-bond donors (Lipinski definition) is 4. The molecule has 1 fully saturated rings. The number of likely N-dealkylation sites (N-methyl/N-ethyl adjacent to an activating group) is 1. The smallest absolute Gasteiger partial charge is 0.252 e. The van der Waals surface area contributed by atoms with E-state index in [0.717, 1.165) is 0 Å². The zero-order valence-corrected chi connectivity index (χ0v) is 7.67. The topological polar surface area (TPSA) is 99.0 Å². The predicted octanol–water partition coefficient (Wildman–Crippen LogP) is -2.27. The molecule has 0 aromatic heterocycles. The van der Waals surface area contributed by atoms with Gasteiger partial charge in [-0.3, -0.25) is 4.79 Å². The summed E-state index contributed by atoms with van der Waals surface area (Å²) in [5.41, 5.74) is 0. The highest BCUT2D eigenvalue weighted by Gasteiger charge is 2.44. The molecule has 14 heavy (non-hydrogen) atoms. The number of aliphatic hydroxyl groups is 3. The lowest BCUT2D eigenvalue weighted by atomic mass is 10.1. The number of hydrogen-bond acceptors (Lipinski definition) is 5. The molecule has 0 spiro atoms. The Balaban J connectivity index is 2.71. The third-order valence-corrected chi connectivity index (χ3v) is 2.10. The van der Waals surface area contributed by atoms with Crippen LogP contribution >= 0.6 is 0 Å². The zero-order chi connectivity index (χ0) is 10.9. The predicted molar refractivity (Wildman–Crippen MR) is 46.1 cm³/mol. The van der Waals surface area contributed by atoms with E-state index in [9.17, 15) is 20.1 Å². The molecular weight excluding hydrogens is 190 g/mol. The van der Waals surface area contributed by atoms with Crippen LogP contribution < -0.4 is 5.32 Å². The number of aliphatic hydroxyl groups excluding tert-OH is 3. The highest BCUT2D eigenvalue weighted by Crippen LogP contribution is 2.25. The van der Waals surface area contributed by atoms with Crippen molar-refractivity contribution in [1.82, 2.24) is 5.32 Å². The minimum atomic E-state index is -1.52. The first-order valence-electron chi connectivity index (χ1n) is 4.10. The van der Waals surface area contributed by atoms with Gasteiger partial charge in [0, 0.05) is 7.05 Å². The van der Waals surface area contributed by atoms with E-state index in [2.05, 4.69) is 11.9 Å². The summed E-state index contributed by atoms with van der Waals surface area (Å²) in [7, 11) is 1.35. The highest BCUT2D eigenvalue weighted by molar-refractivity contribution is 5.81. The van der Waals surface area contributed by atoms with Crippen molar-refractivity contribution in [2.24, 2.45) is 0 Å². The van der Waals surface area contributed by atoms with Crippen LogP contribution in [0.1, 0.15) is 0 Å². The lowest BCUT2D eigenvalue weighted by Crippen LogP contribution is -2.46. The maximum Gasteiger partial charge on any atom is 0.252 e. The van der Waals surface area contributed by atoms with Crippen molar-refractivity contribution in [3.63, 3.8) is 0 Å². The van der Waals surface area contributed by atoms with Gasteiger partial charge in [-0.25, -0.2) is 0 Å². The molecule has 6 nitrogen and oxygen atoms in total. The number of rotatable bonds is 2. The molecule has 1 amide bonds. The molecule has 1 saturated heterocycles. The second-order valence-corrected chi connectivity index (χ2v) is 3.04. The number of amides is 1. The maximum atomic E-state index is 11.0. The zero-order valence-electron chi connectivity index (χ0n) is 7.67. The molecule has 0 bridgehead atoms. The molecule has 0 aliphatic carbocycles. The summed E-state index contributed by atoms with van der Waals surface area (Å²) in [6.45, 7) is 3.33. The van der Waals surface area contributed by atoms with Gasteiger partial charge in [0.25, 0.3) is 5.91 Å². The van der Waals surface area contributed by atoms with Crippen molar-refractivity contribution >= 4 is 5.91 Å². The quantitative estimate of drug-likeness (QED) is 0.405. The summed E-state index contributed by atoms with van der Waals surface area (Å²) in [5.74, 6) is -0.735. The molecule has 1 rings (SSSR count). The van der Waals surface area contributed by atoms with Crippen LogP contribution in [0, 0.1) is 0 Å². The highest BCUT2D eigenvalue weighted by atomic mass is 16.5. The van der Waals surface area contributed by atoms with Gasteiger partial charge in [-0.05, 0) is 0 Å². The minimum Gasteiger partial charge on any atom is -0.486 e. The van der Waals surface area contributed by atoms with Gasteiger partial charge < -0.3 is 25.4 Å². The second-order valence-electron chi connectivity index (χ2n) is 3.04. The third kappa shape index (κ3) is 1.72. The Morgan fingerprint density at radius 3 is 2.57 bits per heavy atom. The molecule has 4 N–H and O–H groups in total. The monoisotopic (exact) mass is 203 g/mol. The average molecular weight is 203 g/mol. The maximum absolute atomic E-state index is 11.0. The van der Waals surface area contributed by atoms with E-state index in [1.54, 1.807) is 0 Å². The van der Waals surface area contributed by atoms with Crippen molar-refractivity contribution in [2.45, 2.75) is 24.4 Å². The van der Waals surface area contributed by atoms with Gasteiger partial charge in [-0.2, -0.15) is 0 Å². The molecule has 4 atom stereocenters. The molecule has 0 unspecified atom stereocenters. The number of ether oxygens (including phenoxy) is 1. The van der Waals surface area contributed by atoms with Crippen LogP contribution in [0.3, 0.4) is 0 Å². The normalized spacial score (nSPS) is 33.7. The summed E-state index contributed by atoms with van der Waals surface area (Å²) >= 11 is 0. The van der Waals surface area contributed by atoms with Crippen molar-refractivity contribution in [1.29, 1.82) is 0 Å². The Kier molecular flexibility index (Phi) is 3.10. The number of carbonyl (C=O) groups is 1. The van der Waals surface area contributed by atoms with Crippen LogP contribution in [0.15, 0.2) is 12.3 Å². The Morgan fingerprint density at radius 1 is 1.64 bits per heavy atom. The van der Waals surface area contributed by atoms with Crippen LogP contribution in [0.4, 0.5) is 0 Å². The largest absolute Gasteiger partial charge is 0.486 e. The van der Waals surface area contributed by atoms with Crippen LogP contribution in [0.5, 0.6) is 0 Å². The first kappa shape index (κ1) is 11.0. The van der Waals surface area contributed by atoms with Gasteiger partial charge in [0.05, 0.1) is 0 Å². The van der Waals surface area contributed by atoms with Crippen molar-refractivity contribution in [3.8, 4) is 0 Å². The lowest BCUT2D eigenvalue weighted by molar-refractivity contribution is -0.138. The SMILES string of the molecule is C=C1O[C@H]([C@@H](O)C(=O)NC)[C@H](O)[C@@H]1O. The Hall–Kier alpha value is -1.11. The van der Waals surface area contributed by atoms with Gasteiger partial charge in [0.1, 0.15) is 18.0 Å². The van der Waals surface area contributed by atoms with E-state index in [1.807, 2.05) is 0 Å². The molecule has 0 radical (unpaired) electrons. The molecule has 80 valence electrons. The molecule has 1 heterocycles. The van der Waals surface area contributed by atoms with Gasteiger partial charge in [0.15, 0.2) is 12.2 Å².